The van der Waals surface area contributed by atoms with E-state index in [0.29, 0.717) is 23.7 Å². The van der Waals surface area contributed by atoms with Crippen molar-refractivity contribution < 1.29 is 4.79 Å². The number of aromatic nitrogens is 2. The second kappa shape index (κ2) is 10.2. The number of carbonyl (C=O) groups excluding carboxylic acids is 1. The Morgan fingerprint density at radius 2 is 1.32 bits per heavy atom. The second-order valence-electron chi connectivity index (χ2n) is 11.0. The maximum atomic E-state index is 12.3. The van der Waals surface area contributed by atoms with E-state index in [2.05, 4.69) is 59.7 Å². The molecule has 3 fully saturated rings. The van der Waals surface area contributed by atoms with Gasteiger partial charge >= 0.3 is 0 Å². The third kappa shape index (κ3) is 5.42. The van der Waals surface area contributed by atoms with Gasteiger partial charge in [-0.05, 0) is 75.9 Å². The molecule has 0 aromatic carbocycles. The standard InChI is InChI=1S/C26H44N4O/c1-19(2)22-17-27-30(18-22)25-11-15-29(16-12-25)24-9-13-28(14-10-24)23-7-5-21(6-8-23)26(31)20(3)4/h17-21,23-25H,5-16H2,1-4H3/t21-,23-. The summed E-state index contributed by atoms with van der Waals surface area (Å²) >= 11 is 0. The third-order valence-corrected chi connectivity index (χ3v) is 8.36. The van der Waals surface area contributed by atoms with Crippen molar-refractivity contribution in [3.05, 3.63) is 18.0 Å². The smallest absolute Gasteiger partial charge is 0.138 e. The molecule has 4 rings (SSSR count). The van der Waals surface area contributed by atoms with Crippen molar-refractivity contribution in [3.63, 3.8) is 0 Å². The topological polar surface area (TPSA) is 41.4 Å². The first-order chi connectivity index (χ1) is 14.9. The summed E-state index contributed by atoms with van der Waals surface area (Å²) in [4.78, 5) is 17.8. The highest BCUT2D eigenvalue weighted by Crippen LogP contribution is 2.33. The van der Waals surface area contributed by atoms with Crippen LogP contribution in [0.3, 0.4) is 0 Å². The van der Waals surface area contributed by atoms with Crippen LogP contribution in [0.1, 0.15) is 96.6 Å². The van der Waals surface area contributed by atoms with Crippen molar-refractivity contribution >= 4 is 5.78 Å². The maximum absolute atomic E-state index is 12.3. The van der Waals surface area contributed by atoms with Crippen LogP contribution in [0.5, 0.6) is 0 Å². The van der Waals surface area contributed by atoms with E-state index >= 15 is 0 Å². The fraction of sp³-hybridized carbons (Fsp3) is 0.846. The molecule has 5 heteroatoms. The number of hydrogen-bond donors (Lipinski definition) is 0. The van der Waals surface area contributed by atoms with Crippen LogP contribution in [-0.4, -0.2) is 63.6 Å². The van der Waals surface area contributed by atoms with E-state index in [1.165, 1.54) is 70.3 Å². The Kier molecular flexibility index (Phi) is 7.53. The zero-order chi connectivity index (χ0) is 22.0. The van der Waals surface area contributed by atoms with E-state index in [0.717, 1.165) is 24.9 Å². The lowest BCUT2D eigenvalue weighted by Crippen LogP contribution is -2.50. The Morgan fingerprint density at radius 1 is 0.806 bits per heavy atom. The molecule has 0 unspecified atom stereocenters. The Bertz CT molecular complexity index is 703. The molecule has 174 valence electrons. The average Bonchev–Trinajstić information content (AvgIpc) is 3.30. The SMILES string of the molecule is CC(C)c1cnn(C2CCN(C3CCN([C@H]4CC[C@H](C(=O)C(C)C)CC4)CC3)CC2)c1. The van der Waals surface area contributed by atoms with Crippen LogP contribution >= 0.6 is 0 Å². The summed E-state index contributed by atoms with van der Waals surface area (Å²) in [6.45, 7) is 13.5. The van der Waals surface area contributed by atoms with Crippen LogP contribution in [0.25, 0.3) is 0 Å². The lowest BCUT2D eigenvalue weighted by atomic mass is 9.79. The molecule has 2 saturated heterocycles. The molecule has 1 saturated carbocycles. The summed E-state index contributed by atoms with van der Waals surface area (Å²) in [6, 6.07) is 2.06. The summed E-state index contributed by atoms with van der Waals surface area (Å²) in [5, 5.41) is 4.66. The highest BCUT2D eigenvalue weighted by atomic mass is 16.1. The molecule has 0 atom stereocenters. The van der Waals surface area contributed by atoms with Gasteiger partial charge in [0.25, 0.3) is 0 Å². The van der Waals surface area contributed by atoms with Gasteiger partial charge in [0.1, 0.15) is 5.78 Å². The van der Waals surface area contributed by atoms with Crippen molar-refractivity contribution in [2.45, 2.75) is 103 Å². The number of piperidine rings is 2. The summed E-state index contributed by atoms with van der Waals surface area (Å²) in [5.41, 5.74) is 1.36. The molecular weight excluding hydrogens is 384 g/mol. The van der Waals surface area contributed by atoms with Crippen LogP contribution in [-0.2, 0) is 4.79 Å². The predicted octanol–water partition coefficient (Wildman–Crippen LogP) is 4.89. The summed E-state index contributed by atoms with van der Waals surface area (Å²) in [6.07, 6.45) is 14.1. The van der Waals surface area contributed by atoms with Gasteiger partial charge in [-0.1, -0.05) is 27.7 Å². The minimum Gasteiger partial charge on any atom is -0.300 e. The Morgan fingerprint density at radius 3 is 1.81 bits per heavy atom. The van der Waals surface area contributed by atoms with Crippen LogP contribution in [0.15, 0.2) is 12.4 Å². The molecular formula is C26H44N4O. The van der Waals surface area contributed by atoms with Gasteiger partial charge < -0.3 is 9.80 Å². The van der Waals surface area contributed by atoms with Gasteiger partial charge in [-0.25, -0.2) is 0 Å². The van der Waals surface area contributed by atoms with Crippen molar-refractivity contribution in [1.29, 1.82) is 0 Å². The number of carbonyl (C=O) groups is 1. The van der Waals surface area contributed by atoms with Crippen molar-refractivity contribution in [2.24, 2.45) is 11.8 Å². The molecule has 5 nitrogen and oxygen atoms in total. The average molecular weight is 429 g/mol. The van der Waals surface area contributed by atoms with E-state index in [1.807, 2.05) is 0 Å². The third-order valence-electron chi connectivity index (χ3n) is 8.36. The first-order valence-corrected chi connectivity index (χ1v) is 13.0. The molecule has 3 aliphatic rings. The summed E-state index contributed by atoms with van der Waals surface area (Å²) < 4.78 is 2.23. The molecule has 2 aliphatic heterocycles. The van der Waals surface area contributed by atoms with Gasteiger partial charge in [0.05, 0.1) is 12.2 Å². The molecule has 0 N–H and O–H groups in total. The minimum atomic E-state index is 0.201. The molecule has 0 spiro atoms. The number of nitrogens with zero attached hydrogens (tertiary/aromatic N) is 4. The monoisotopic (exact) mass is 428 g/mol. The Hall–Kier alpha value is -1.20. The van der Waals surface area contributed by atoms with Crippen LogP contribution in [0.2, 0.25) is 0 Å². The molecule has 1 aromatic heterocycles. The number of rotatable bonds is 6. The normalized spacial score (nSPS) is 27.9. The van der Waals surface area contributed by atoms with Crippen LogP contribution in [0.4, 0.5) is 0 Å². The quantitative estimate of drug-likeness (QED) is 0.647. The molecule has 0 bridgehead atoms. The van der Waals surface area contributed by atoms with Crippen LogP contribution in [0, 0.1) is 11.8 Å². The van der Waals surface area contributed by atoms with E-state index in [-0.39, 0.29) is 5.92 Å². The highest BCUT2D eigenvalue weighted by molar-refractivity contribution is 5.82. The Labute approximate surface area is 189 Å². The van der Waals surface area contributed by atoms with Gasteiger partial charge in [-0.3, -0.25) is 9.48 Å². The van der Waals surface area contributed by atoms with E-state index < -0.39 is 0 Å². The van der Waals surface area contributed by atoms with Gasteiger partial charge in [-0.2, -0.15) is 5.10 Å². The number of ketones is 1. The van der Waals surface area contributed by atoms with E-state index in [1.54, 1.807) is 0 Å². The molecule has 1 aliphatic carbocycles. The number of likely N-dealkylation sites (tertiary alicyclic amines) is 2. The fourth-order valence-corrected chi connectivity index (χ4v) is 6.18. The van der Waals surface area contributed by atoms with Gasteiger partial charge in [0, 0.05) is 43.2 Å². The lowest BCUT2D eigenvalue weighted by molar-refractivity contribution is -0.127. The van der Waals surface area contributed by atoms with Crippen molar-refractivity contribution in [2.75, 3.05) is 26.2 Å². The Balaban J connectivity index is 1.19. The van der Waals surface area contributed by atoms with Gasteiger partial charge in [0.15, 0.2) is 0 Å². The predicted molar refractivity (Wildman–Crippen MR) is 126 cm³/mol. The molecule has 31 heavy (non-hydrogen) atoms. The highest BCUT2D eigenvalue weighted by Gasteiger charge is 2.34. The van der Waals surface area contributed by atoms with Gasteiger partial charge in [-0.15, -0.1) is 0 Å². The van der Waals surface area contributed by atoms with E-state index in [4.69, 9.17) is 0 Å². The van der Waals surface area contributed by atoms with Crippen LogP contribution < -0.4 is 0 Å². The number of hydrogen-bond acceptors (Lipinski definition) is 4. The van der Waals surface area contributed by atoms with Crippen molar-refractivity contribution in [1.82, 2.24) is 19.6 Å². The van der Waals surface area contributed by atoms with E-state index in [9.17, 15) is 4.79 Å². The molecule has 0 amide bonds. The zero-order valence-electron chi connectivity index (χ0n) is 20.3. The largest absolute Gasteiger partial charge is 0.300 e. The minimum absolute atomic E-state index is 0.201. The summed E-state index contributed by atoms with van der Waals surface area (Å²) in [5.74, 6) is 1.59. The first-order valence-electron chi connectivity index (χ1n) is 13.0. The summed E-state index contributed by atoms with van der Waals surface area (Å²) in [7, 11) is 0. The molecule has 1 aromatic rings. The van der Waals surface area contributed by atoms with Crippen molar-refractivity contribution in [3.8, 4) is 0 Å². The lowest BCUT2D eigenvalue weighted by Gasteiger charge is -2.45. The molecule has 3 heterocycles. The first kappa shape index (κ1) is 23.0. The maximum Gasteiger partial charge on any atom is 0.138 e. The fourth-order valence-electron chi connectivity index (χ4n) is 6.18. The second-order valence-corrected chi connectivity index (χ2v) is 11.0. The van der Waals surface area contributed by atoms with Gasteiger partial charge in [0.2, 0.25) is 0 Å². The zero-order valence-corrected chi connectivity index (χ0v) is 20.3. The molecule has 0 radical (unpaired) electrons. The number of Topliss-reactive ketones (excluding diaryl/α,β-unsaturated/α-hetero) is 1.